The van der Waals surface area contributed by atoms with Crippen LogP contribution in [0.2, 0.25) is 0 Å². The van der Waals surface area contributed by atoms with Crippen LogP contribution in [-0.4, -0.2) is 32.4 Å². The number of nitrogens with zero attached hydrogens (tertiary/aromatic N) is 1. The van der Waals surface area contributed by atoms with Crippen LogP contribution in [0.3, 0.4) is 0 Å². The monoisotopic (exact) mass is 312 g/mol. The van der Waals surface area contributed by atoms with Gasteiger partial charge >= 0.3 is 0 Å². The summed E-state index contributed by atoms with van der Waals surface area (Å²) in [4.78, 5) is 0.423. The molecule has 0 bridgehead atoms. The lowest BCUT2D eigenvalue weighted by Gasteiger charge is -2.23. The van der Waals surface area contributed by atoms with Crippen molar-refractivity contribution in [1.29, 1.82) is 0 Å². The van der Waals surface area contributed by atoms with E-state index >= 15 is 0 Å². The third kappa shape index (κ3) is 4.28. The van der Waals surface area contributed by atoms with Crippen LogP contribution in [0.1, 0.15) is 43.9 Å². The predicted octanol–water partition coefficient (Wildman–Crippen LogP) is 2.83. The first kappa shape index (κ1) is 18.1. The normalized spacial score (nSPS) is 12.4. The number of aryl methyl sites for hydroxylation is 1. The molecule has 0 amide bonds. The highest BCUT2D eigenvalue weighted by Crippen LogP contribution is 2.24. The molecule has 4 nitrogen and oxygen atoms in total. The minimum absolute atomic E-state index is 0.0587. The molecule has 21 heavy (non-hydrogen) atoms. The molecule has 0 heterocycles. The highest BCUT2D eigenvalue weighted by atomic mass is 32.2. The standard InChI is InChI=1S/C16H28N2O2S/c1-7-8-17-11-15-9-13(4)14(5)16(10-15)21(19,20)18(6)12(2)3/h9-10,12,17H,7-8,11H2,1-6H3. The van der Waals surface area contributed by atoms with Crippen molar-refractivity contribution in [1.82, 2.24) is 9.62 Å². The minimum atomic E-state index is -3.44. The van der Waals surface area contributed by atoms with Gasteiger partial charge < -0.3 is 5.32 Å². The third-order valence-electron chi connectivity index (χ3n) is 3.82. The molecule has 0 saturated carbocycles. The molecular weight excluding hydrogens is 284 g/mol. The Balaban J connectivity index is 3.22. The van der Waals surface area contributed by atoms with Gasteiger partial charge in [0.05, 0.1) is 4.90 Å². The maximum absolute atomic E-state index is 12.7. The Hall–Kier alpha value is -0.910. The van der Waals surface area contributed by atoms with E-state index < -0.39 is 10.0 Å². The maximum atomic E-state index is 12.7. The Morgan fingerprint density at radius 3 is 2.38 bits per heavy atom. The minimum Gasteiger partial charge on any atom is -0.313 e. The lowest BCUT2D eigenvalue weighted by molar-refractivity contribution is 0.410. The molecule has 5 heteroatoms. The first-order valence-corrected chi connectivity index (χ1v) is 8.94. The van der Waals surface area contributed by atoms with E-state index in [1.807, 2.05) is 27.7 Å². The highest BCUT2D eigenvalue weighted by molar-refractivity contribution is 7.89. The van der Waals surface area contributed by atoms with Crippen LogP contribution in [0.4, 0.5) is 0 Å². The van der Waals surface area contributed by atoms with E-state index in [9.17, 15) is 8.42 Å². The van der Waals surface area contributed by atoms with Crippen LogP contribution in [0, 0.1) is 13.8 Å². The molecule has 1 aromatic rings. The Morgan fingerprint density at radius 2 is 1.86 bits per heavy atom. The average Bonchev–Trinajstić information content (AvgIpc) is 2.41. The molecule has 0 atom stereocenters. The summed E-state index contributed by atoms with van der Waals surface area (Å²) < 4.78 is 26.9. The van der Waals surface area contributed by atoms with Crippen molar-refractivity contribution in [3.8, 4) is 0 Å². The van der Waals surface area contributed by atoms with Crippen molar-refractivity contribution in [2.24, 2.45) is 0 Å². The first-order chi connectivity index (χ1) is 9.71. The summed E-state index contributed by atoms with van der Waals surface area (Å²) in [7, 11) is -1.80. The Morgan fingerprint density at radius 1 is 1.24 bits per heavy atom. The smallest absolute Gasteiger partial charge is 0.243 e. The Labute approximate surface area is 129 Å². The number of hydrogen-bond donors (Lipinski definition) is 1. The van der Waals surface area contributed by atoms with Crippen LogP contribution < -0.4 is 5.32 Å². The molecule has 0 saturated heterocycles. The summed E-state index contributed by atoms with van der Waals surface area (Å²) in [6, 6.07) is 3.81. The van der Waals surface area contributed by atoms with Crippen molar-refractivity contribution >= 4 is 10.0 Å². The fraction of sp³-hybridized carbons (Fsp3) is 0.625. The van der Waals surface area contributed by atoms with Crippen LogP contribution in [0.15, 0.2) is 17.0 Å². The van der Waals surface area contributed by atoms with Gasteiger partial charge in [-0.15, -0.1) is 0 Å². The zero-order valence-electron chi connectivity index (χ0n) is 14.0. The summed E-state index contributed by atoms with van der Waals surface area (Å²) in [6.45, 7) is 11.3. The summed E-state index contributed by atoms with van der Waals surface area (Å²) in [5.41, 5.74) is 2.87. The predicted molar refractivity (Wildman–Crippen MR) is 88.0 cm³/mol. The van der Waals surface area contributed by atoms with Crippen LogP contribution in [-0.2, 0) is 16.6 Å². The van der Waals surface area contributed by atoms with Gasteiger partial charge in [-0.3, -0.25) is 0 Å². The molecule has 1 N–H and O–H groups in total. The molecule has 120 valence electrons. The van der Waals surface area contributed by atoms with Crippen molar-refractivity contribution in [3.63, 3.8) is 0 Å². The van der Waals surface area contributed by atoms with Gasteiger partial charge in [-0.2, -0.15) is 4.31 Å². The van der Waals surface area contributed by atoms with Gasteiger partial charge in [-0.05, 0) is 63.4 Å². The average molecular weight is 312 g/mol. The number of rotatable bonds is 7. The lowest BCUT2D eigenvalue weighted by Crippen LogP contribution is -2.33. The number of benzene rings is 1. The van der Waals surface area contributed by atoms with Crippen LogP contribution in [0.25, 0.3) is 0 Å². The molecule has 0 fully saturated rings. The van der Waals surface area contributed by atoms with Gasteiger partial charge in [0, 0.05) is 19.6 Å². The van der Waals surface area contributed by atoms with E-state index in [2.05, 4.69) is 18.3 Å². The number of sulfonamides is 1. The fourth-order valence-electron chi connectivity index (χ4n) is 2.11. The van der Waals surface area contributed by atoms with Crippen molar-refractivity contribution < 1.29 is 8.42 Å². The molecular formula is C16H28N2O2S. The molecule has 0 aliphatic heterocycles. The summed E-state index contributed by atoms with van der Waals surface area (Å²) in [5, 5.41) is 3.32. The second-order valence-corrected chi connectivity index (χ2v) is 7.79. The van der Waals surface area contributed by atoms with E-state index in [-0.39, 0.29) is 6.04 Å². The van der Waals surface area contributed by atoms with Crippen molar-refractivity contribution in [2.45, 2.75) is 58.5 Å². The molecule has 0 unspecified atom stereocenters. The zero-order valence-corrected chi connectivity index (χ0v) is 14.8. The van der Waals surface area contributed by atoms with E-state index in [0.29, 0.717) is 11.4 Å². The molecule has 0 radical (unpaired) electrons. The molecule has 0 aliphatic rings. The molecule has 0 aliphatic carbocycles. The quantitative estimate of drug-likeness (QED) is 0.788. The zero-order chi connectivity index (χ0) is 16.2. The van der Waals surface area contributed by atoms with Gasteiger partial charge in [0.15, 0.2) is 0 Å². The van der Waals surface area contributed by atoms with Gasteiger partial charge in [0.1, 0.15) is 0 Å². The van der Waals surface area contributed by atoms with Gasteiger partial charge in [0.25, 0.3) is 0 Å². The Bertz CT molecular complexity index is 580. The molecule has 1 aromatic carbocycles. The largest absolute Gasteiger partial charge is 0.313 e. The van der Waals surface area contributed by atoms with Crippen LogP contribution >= 0.6 is 0 Å². The Kier molecular flexibility index (Phi) is 6.38. The van der Waals surface area contributed by atoms with Crippen molar-refractivity contribution in [2.75, 3.05) is 13.6 Å². The van der Waals surface area contributed by atoms with E-state index in [4.69, 9.17) is 0 Å². The van der Waals surface area contributed by atoms with E-state index in [0.717, 1.165) is 29.7 Å². The van der Waals surface area contributed by atoms with E-state index in [1.165, 1.54) is 4.31 Å². The number of hydrogen-bond acceptors (Lipinski definition) is 3. The van der Waals surface area contributed by atoms with Gasteiger partial charge in [0.2, 0.25) is 10.0 Å². The number of nitrogens with one attached hydrogen (secondary N) is 1. The topological polar surface area (TPSA) is 49.4 Å². The first-order valence-electron chi connectivity index (χ1n) is 7.50. The summed E-state index contributed by atoms with van der Waals surface area (Å²) >= 11 is 0. The lowest BCUT2D eigenvalue weighted by atomic mass is 10.1. The highest BCUT2D eigenvalue weighted by Gasteiger charge is 2.25. The fourth-order valence-corrected chi connectivity index (χ4v) is 3.82. The van der Waals surface area contributed by atoms with E-state index in [1.54, 1.807) is 13.1 Å². The molecule has 0 aromatic heterocycles. The van der Waals surface area contributed by atoms with Crippen LogP contribution in [0.5, 0.6) is 0 Å². The van der Waals surface area contributed by atoms with Gasteiger partial charge in [-0.25, -0.2) is 8.42 Å². The second-order valence-electron chi connectivity index (χ2n) is 5.83. The maximum Gasteiger partial charge on any atom is 0.243 e. The summed E-state index contributed by atoms with van der Waals surface area (Å²) in [6.07, 6.45) is 1.06. The SMILES string of the molecule is CCCNCc1cc(C)c(C)c(S(=O)(=O)N(C)C(C)C)c1. The second kappa shape index (κ2) is 7.38. The summed E-state index contributed by atoms with van der Waals surface area (Å²) in [5.74, 6) is 0. The van der Waals surface area contributed by atoms with Crippen molar-refractivity contribution in [3.05, 3.63) is 28.8 Å². The third-order valence-corrected chi connectivity index (χ3v) is 5.98. The molecule has 1 rings (SSSR count). The van der Waals surface area contributed by atoms with Gasteiger partial charge in [-0.1, -0.05) is 13.0 Å². The molecule has 0 spiro atoms.